The average Bonchev–Trinajstić information content (AvgIpc) is 2.56. The molecule has 0 aliphatic carbocycles. The average molecular weight is 474 g/mol. The third-order valence-corrected chi connectivity index (χ3v) is 4.54. The molecular weight excluding hydrogens is 442 g/mol. The van der Waals surface area contributed by atoms with Crippen molar-refractivity contribution in [2.24, 2.45) is 5.92 Å². The van der Waals surface area contributed by atoms with Crippen molar-refractivity contribution in [2.45, 2.75) is 70.6 Å². The molecule has 1 rings (SSSR count). The molecule has 4 nitrogen and oxygen atoms in total. The SMILES string of the molecule is CCCCCCCCCC(CC(C(=O)O)C(=O)O)c1ccccc1.[Ba+2].[H-].[H-]. The molecule has 0 saturated heterocycles. The molecule has 1 aromatic rings. The third-order valence-electron chi connectivity index (χ3n) is 4.54. The van der Waals surface area contributed by atoms with Gasteiger partial charge in [0.25, 0.3) is 0 Å². The van der Waals surface area contributed by atoms with Crippen molar-refractivity contribution in [3.63, 3.8) is 0 Å². The molecule has 138 valence electrons. The molecule has 25 heavy (non-hydrogen) atoms. The molecule has 0 bridgehead atoms. The summed E-state index contributed by atoms with van der Waals surface area (Å²) in [6, 6.07) is 9.69. The molecule has 0 aliphatic heterocycles. The van der Waals surface area contributed by atoms with E-state index in [0.29, 0.717) is 0 Å². The predicted octanol–water partition coefficient (Wildman–Crippen LogP) is 4.93. The monoisotopic (exact) mass is 474 g/mol. The third kappa shape index (κ3) is 10.5. The van der Waals surface area contributed by atoms with Crippen LogP contribution in [-0.2, 0) is 9.59 Å². The molecule has 0 aromatic heterocycles. The number of carbonyl (C=O) groups is 2. The minimum Gasteiger partial charge on any atom is -1.00 e. The normalized spacial score (nSPS) is 11.8. The second kappa shape index (κ2) is 14.9. The van der Waals surface area contributed by atoms with Gasteiger partial charge in [0.2, 0.25) is 0 Å². The standard InChI is InChI=1S/C20H30O4.Ba.2H/c1-2-3-4-5-6-7-9-14-17(16-12-10-8-11-13-16)15-18(19(21)22)20(23)24;;;/h8,10-13,17-18H,2-7,9,14-15H2,1H3,(H,21,22)(H,23,24);;;/q;+2;2*-1. The van der Waals surface area contributed by atoms with Crippen LogP contribution >= 0.6 is 0 Å². The van der Waals surface area contributed by atoms with Gasteiger partial charge >= 0.3 is 60.8 Å². The maximum Gasteiger partial charge on any atom is 2.00 e. The van der Waals surface area contributed by atoms with E-state index in [9.17, 15) is 9.59 Å². The number of benzene rings is 1. The molecule has 2 N–H and O–H groups in total. The van der Waals surface area contributed by atoms with Gasteiger partial charge in [-0.15, -0.1) is 0 Å². The number of aliphatic carboxylic acids is 2. The van der Waals surface area contributed by atoms with Gasteiger partial charge in [0.1, 0.15) is 0 Å². The summed E-state index contributed by atoms with van der Waals surface area (Å²) in [5, 5.41) is 18.3. The van der Waals surface area contributed by atoms with E-state index < -0.39 is 17.9 Å². The molecule has 0 spiro atoms. The topological polar surface area (TPSA) is 74.6 Å². The summed E-state index contributed by atoms with van der Waals surface area (Å²) in [5.41, 5.74) is 1.04. The van der Waals surface area contributed by atoms with Crippen molar-refractivity contribution in [2.75, 3.05) is 0 Å². The van der Waals surface area contributed by atoms with Crippen LogP contribution in [0.3, 0.4) is 0 Å². The molecule has 0 saturated carbocycles. The Morgan fingerprint density at radius 2 is 1.44 bits per heavy atom. The molecule has 5 heteroatoms. The van der Waals surface area contributed by atoms with E-state index in [1.807, 2.05) is 30.3 Å². The first-order valence-electron chi connectivity index (χ1n) is 9.06. The van der Waals surface area contributed by atoms with Crippen molar-refractivity contribution >= 4 is 60.8 Å². The summed E-state index contributed by atoms with van der Waals surface area (Å²) in [7, 11) is 0. The summed E-state index contributed by atoms with van der Waals surface area (Å²) >= 11 is 0. The fraction of sp³-hybridized carbons (Fsp3) is 0.600. The van der Waals surface area contributed by atoms with E-state index >= 15 is 0 Å². The van der Waals surface area contributed by atoms with Crippen LogP contribution in [0.15, 0.2) is 30.3 Å². The molecular formula is C20H32BaO4. The van der Waals surface area contributed by atoms with Crippen LogP contribution in [-0.4, -0.2) is 71.0 Å². The Bertz CT molecular complexity index is 486. The fourth-order valence-electron chi connectivity index (χ4n) is 3.09. The second-order valence-electron chi connectivity index (χ2n) is 6.48. The van der Waals surface area contributed by atoms with E-state index in [0.717, 1.165) is 24.8 Å². The number of rotatable bonds is 13. The molecule has 1 aromatic carbocycles. The van der Waals surface area contributed by atoms with Crippen LogP contribution < -0.4 is 0 Å². The first-order chi connectivity index (χ1) is 11.6. The zero-order chi connectivity index (χ0) is 17.8. The Balaban J connectivity index is -0.00000192. The van der Waals surface area contributed by atoms with Gasteiger partial charge in [-0.25, -0.2) is 0 Å². The number of hydrogen-bond acceptors (Lipinski definition) is 2. The van der Waals surface area contributed by atoms with E-state index in [4.69, 9.17) is 10.2 Å². The van der Waals surface area contributed by atoms with Gasteiger partial charge in [-0.1, -0.05) is 82.2 Å². The maximum atomic E-state index is 11.2. The van der Waals surface area contributed by atoms with Crippen LogP contribution in [0.4, 0.5) is 0 Å². The molecule has 1 unspecified atom stereocenters. The second-order valence-corrected chi connectivity index (χ2v) is 6.48. The van der Waals surface area contributed by atoms with Gasteiger partial charge in [-0.3, -0.25) is 9.59 Å². The maximum absolute atomic E-state index is 11.2. The van der Waals surface area contributed by atoms with Crippen LogP contribution in [0.1, 0.15) is 79.0 Å². The van der Waals surface area contributed by atoms with Gasteiger partial charge in [-0.2, -0.15) is 0 Å². The minimum absolute atomic E-state index is 0. The van der Waals surface area contributed by atoms with Crippen molar-refractivity contribution in [1.29, 1.82) is 0 Å². The zero-order valence-electron chi connectivity index (χ0n) is 17.3. The quantitative estimate of drug-likeness (QED) is 0.242. The van der Waals surface area contributed by atoms with Gasteiger partial charge in [0, 0.05) is 0 Å². The van der Waals surface area contributed by atoms with E-state index in [1.165, 1.54) is 32.1 Å². The summed E-state index contributed by atoms with van der Waals surface area (Å²) < 4.78 is 0. The number of unbranched alkanes of at least 4 members (excludes halogenated alkanes) is 6. The largest absolute Gasteiger partial charge is 2.00 e. The van der Waals surface area contributed by atoms with Gasteiger partial charge in [0.15, 0.2) is 5.92 Å². The van der Waals surface area contributed by atoms with Gasteiger partial charge in [-0.05, 0) is 24.3 Å². The molecule has 0 aliphatic rings. The van der Waals surface area contributed by atoms with Crippen LogP contribution in [0.25, 0.3) is 0 Å². The molecule has 0 fully saturated rings. The summed E-state index contributed by atoms with van der Waals surface area (Å²) in [4.78, 5) is 22.4. The summed E-state index contributed by atoms with van der Waals surface area (Å²) in [6.45, 7) is 2.20. The van der Waals surface area contributed by atoms with Crippen LogP contribution in [0.5, 0.6) is 0 Å². The molecule has 1 atom stereocenters. The fourth-order valence-corrected chi connectivity index (χ4v) is 3.09. The molecule has 0 radical (unpaired) electrons. The van der Waals surface area contributed by atoms with Crippen LogP contribution in [0, 0.1) is 5.92 Å². The number of carboxylic acids is 2. The summed E-state index contributed by atoms with van der Waals surface area (Å²) in [6.07, 6.45) is 9.38. The predicted molar refractivity (Wildman–Crippen MR) is 103 cm³/mol. The minimum atomic E-state index is -1.33. The summed E-state index contributed by atoms with van der Waals surface area (Å²) in [5.74, 6) is -3.84. The number of hydrogen-bond donors (Lipinski definition) is 2. The van der Waals surface area contributed by atoms with Crippen LogP contribution in [0.2, 0.25) is 0 Å². The first kappa shape index (κ1) is 24.7. The Morgan fingerprint density at radius 1 is 0.920 bits per heavy atom. The Morgan fingerprint density at radius 3 is 1.96 bits per heavy atom. The first-order valence-corrected chi connectivity index (χ1v) is 9.06. The Kier molecular flexibility index (Phi) is 14.7. The van der Waals surface area contributed by atoms with E-state index in [-0.39, 0.29) is 64.1 Å². The van der Waals surface area contributed by atoms with E-state index in [1.54, 1.807) is 0 Å². The molecule has 0 amide bonds. The Labute approximate surface area is 194 Å². The Hall–Kier alpha value is -0.269. The number of carboxylic acid groups (broad SMARTS) is 2. The molecule has 0 heterocycles. The van der Waals surface area contributed by atoms with Gasteiger partial charge < -0.3 is 13.1 Å². The van der Waals surface area contributed by atoms with Crippen molar-refractivity contribution in [1.82, 2.24) is 0 Å². The smallest absolute Gasteiger partial charge is 1.00 e. The van der Waals surface area contributed by atoms with Gasteiger partial charge in [0.05, 0.1) is 0 Å². The van der Waals surface area contributed by atoms with Crippen molar-refractivity contribution < 1.29 is 22.7 Å². The van der Waals surface area contributed by atoms with Crippen molar-refractivity contribution in [3.8, 4) is 0 Å². The zero-order valence-corrected chi connectivity index (χ0v) is 19.8. The van der Waals surface area contributed by atoms with E-state index in [2.05, 4.69) is 6.92 Å². The van der Waals surface area contributed by atoms with Crippen molar-refractivity contribution in [3.05, 3.63) is 35.9 Å².